The first-order chi connectivity index (χ1) is 9.24. The van der Waals surface area contributed by atoms with Crippen molar-refractivity contribution >= 4 is 5.91 Å². The summed E-state index contributed by atoms with van der Waals surface area (Å²) in [6.07, 6.45) is 0. The zero-order chi connectivity index (χ0) is 13.7. The maximum atomic E-state index is 11.6. The Bertz CT molecular complexity index is 567. The van der Waals surface area contributed by atoms with Gasteiger partial charge in [-0.1, -0.05) is 12.1 Å². The van der Waals surface area contributed by atoms with E-state index in [-0.39, 0.29) is 0 Å². The fourth-order valence-corrected chi connectivity index (χ4v) is 1.59. The molecule has 0 aromatic heterocycles. The second kappa shape index (κ2) is 5.88. The van der Waals surface area contributed by atoms with Gasteiger partial charge in [0, 0.05) is 0 Å². The summed E-state index contributed by atoms with van der Waals surface area (Å²) in [5, 5.41) is 0. The second-order valence-electron chi connectivity index (χ2n) is 3.75. The Balaban J connectivity index is 2.25. The minimum Gasteiger partial charge on any atom is -0.497 e. The van der Waals surface area contributed by atoms with Gasteiger partial charge in [-0.3, -0.25) is 10.2 Å². The van der Waals surface area contributed by atoms with Gasteiger partial charge in [0.15, 0.2) is 0 Å². The monoisotopic (exact) mass is 258 g/mol. The van der Waals surface area contributed by atoms with Crippen molar-refractivity contribution in [3.05, 3.63) is 54.1 Å². The molecule has 98 valence electrons. The van der Waals surface area contributed by atoms with Crippen molar-refractivity contribution in [1.29, 1.82) is 0 Å². The van der Waals surface area contributed by atoms with Crippen molar-refractivity contribution in [3.8, 4) is 17.2 Å². The topological polar surface area (TPSA) is 73.6 Å². The number of hydrazine groups is 1. The second-order valence-corrected chi connectivity index (χ2v) is 3.75. The minimum absolute atomic E-state index is 0.376. The van der Waals surface area contributed by atoms with Crippen LogP contribution in [0.1, 0.15) is 10.4 Å². The van der Waals surface area contributed by atoms with Gasteiger partial charge < -0.3 is 9.47 Å². The Hall–Kier alpha value is -2.53. The molecule has 0 spiro atoms. The van der Waals surface area contributed by atoms with E-state index in [0.29, 0.717) is 17.1 Å². The van der Waals surface area contributed by atoms with E-state index in [1.807, 2.05) is 0 Å². The Morgan fingerprint density at radius 2 is 1.68 bits per heavy atom. The number of carbonyl (C=O) groups excluding carboxylic acids is 1. The van der Waals surface area contributed by atoms with Gasteiger partial charge >= 0.3 is 0 Å². The summed E-state index contributed by atoms with van der Waals surface area (Å²) < 4.78 is 10.7. The zero-order valence-electron chi connectivity index (χ0n) is 10.4. The Kier molecular flexibility index (Phi) is 4.00. The van der Waals surface area contributed by atoms with Gasteiger partial charge in [-0.05, 0) is 36.4 Å². The summed E-state index contributed by atoms with van der Waals surface area (Å²) in [4.78, 5) is 11.6. The van der Waals surface area contributed by atoms with Crippen LogP contribution in [0.25, 0.3) is 0 Å². The lowest BCUT2D eigenvalue weighted by Gasteiger charge is -2.10. The summed E-state index contributed by atoms with van der Waals surface area (Å²) >= 11 is 0. The SMILES string of the molecule is COc1ccc(Oc2ccccc2C(=O)NN)cc1. The third kappa shape index (κ3) is 3.02. The molecule has 1 amide bonds. The molecule has 0 heterocycles. The van der Waals surface area contributed by atoms with E-state index in [0.717, 1.165) is 5.75 Å². The van der Waals surface area contributed by atoms with Gasteiger partial charge in [0.05, 0.1) is 12.7 Å². The third-order valence-electron chi connectivity index (χ3n) is 2.55. The zero-order valence-corrected chi connectivity index (χ0v) is 10.4. The first kappa shape index (κ1) is 12.9. The number of ether oxygens (including phenoxy) is 2. The smallest absolute Gasteiger partial charge is 0.268 e. The number of hydrogen-bond acceptors (Lipinski definition) is 4. The van der Waals surface area contributed by atoms with Crippen LogP contribution in [0.2, 0.25) is 0 Å². The van der Waals surface area contributed by atoms with Crippen molar-refractivity contribution in [2.75, 3.05) is 7.11 Å². The molecule has 0 saturated carbocycles. The molecular weight excluding hydrogens is 244 g/mol. The summed E-state index contributed by atoms with van der Waals surface area (Å²) in [5.74, 6) is 6.52. The van der Waals surface area contributed by atoms with E-state index in [1.54, 1.807) is 55.6 Å². The van der Waals surface area contributed by atoms with Crippen LogP contribution in [0.15, 0.2) is 48.5 Å². The highest BCUT2D eigenvalue weighted by atomic mass is 16.5. The maximum absolute atomic E-state index is 11.6. The first-order valence-corrected chi connectivity index (χ1v) is 5.66. The number of nitrogens with one attached hydrogen (secondary N) is 1. The summed E-state index contributed by atoms with van der Waals surface area (Å²) in [5.41, 5.74) is 2.46. The van der Waals surface area contributed by atoms with E-state index < -0.39 is 5.91 Å². The van der Waals surface area contributed by atoms with Crippen LogP contribution in [0, 0.1) is 0 Å². The van der Waals surface area contributed by atoms with Crippen LogP contribution < -0.4 is 20.7 Å². The van der Waals surface area contributed by atoms with Gasteiger partial charge in [-0.15, -0.1) is 0 Å². The molecule has 2 aromatic carbocycles. The van der Waals surface area contributed by atoms with Crippen LogP contribution in [-0.2, 0) is 0 Å². The quantitative estimate of drug-likeness (QED) is 0.500. The van der Waals surface area contributed by atoms with Crippen molar-refractivity contribution in [2.24, 2.45) is 5.84 Å². The highest BCUT2D eigenvalue weighted by Crippen LogP contribution is 2.26. The molecule has 0 fully saturated rings. The summed E-state index contributed by atoms with van der Waals surface area (Å²) in [6.45, 7) is 0. The average molecular weight is 258 g/mol. The van der Waals surface area contributed by atoms with Gasteiger partial charge in [-0.25, -0.2) is 5.84 Å². The molecule has 0 aliphatic rings. The van der Waals surface area contributed by atoms with Gasteiger partial charge in [-0.2, -0.15) is 0 Å². The number of nitrogen functional groups attached to an aromatic ring is 1. The fourth-order valence-electron chi connectivity index (χ4n) is 1.59. The molecule has 0 unspecified atom stereocenters. The number of benzene rings is 2. The van der Waals surface area contributed by atoms with E-state index in [2.05, 4.69) is 5.43 Å². The number of amides is 1. The fraction of sp³-hybridized carbons (Fsp3) is 0.0714. The minimum atomic E-state index is -0.399. The van der Waals surface area contributed by atoms with E-state index in [1.165, 1.54) is 0 Å². The van der Waals surface area contributed by atoms with Crippen molar-refractivity contribution < 1.29 is 14.3 Å². The number of nitrogens with two attached hydrogens (primary N) is 1. The normalized spacial score (nSPS) is 9.79. The Morgan fingerprint density at radius 1 is 1.05 bits per heavy atom. The van der Waals surface area contributed by atoms with Crippen LogP contribution in [0.4, 0.5) is 0 Å². The van der Waals surface area contributed by atoms with E-state index in [4.69, 9.17) is 15.3 Å². The Labute approximate surface area is 110 Å². The predicted octanol–water partition coefficient (Wildman–Crippen LogP) is 2.09. The standard InChI is InChI=1S/C14H14N2O3/c1-18-10-6-8-11(9-7-10)19-13-5-3-2-4-12(13)14(17)16-15/h2-9H,15H2,1H3,(H,16,17). The molecule has 3 N–H and O–H groups in total. The summed E-state index contributed by atoms with van der Waals surface area (Å²) in [6, 6.07) is 13.9. The van der Waals surface area contributed by atoms with Crippen LogP contribution in [0.3, 0.4) is 0 Å². The molecule has 2 aromatic rings. The number of hydrogen-bond donors (Lipinski definition) is 2. The molecule has 0 aliphatic heterocycles. The summed E-state index contributed by atoms with van der Waals surface area (Å²) in [7, 11) is 1.59. The first-order valence-electron chi connectivity index (χ1n) is 5.66. The number of methoxy groups -OCH3 is 1. The number of rotatable bonds is 4. The molecular formula is C14H14N2O3. The lowest BCUT2D eigenvalue weighted by molar-refractivity contribution is 0.0951. The third-order valence-corrected chi connectivity index (χ3v) is 2.55. The Morgan fingerprint density at radius 3 is 2.32 bits per heavy atom. The highest BCUT2D eigenvalue weighted by Gasteiger charge is 2.11. The van der Waals surface area contributed by atoms with Crippen molar-refractivity contribution in [1.82, 2.24) is 5.43 Å². The predicted molar refractivity (Wildman–Crippen MR) is 71.2 cm³/mol. The lowest BCUT2D eigenvalue weighted by Crippen LogP contribution is -2.30. The lowest BCUT2D eigenvalue weighted by atomic mass is 10.2. The molecule has 5 heteroatoms. The van der Waals surface area contributed by atoms with Gasteiger partial charge in [0.1, 0.15) is 17.2 Å². The van der Waals surface area contributed by atoms with Crippen LogP contribution in [0.5, 0.6) is 17.2 Å². The number of carbonyl (C=O) groups is 1. The maximum Gasteiger partial charge on any atom is 0.268 e. The van der Waals surface area contributed by atoms with E-state index in [9.17, 15) is 4.79 Å². The van der Waals surface area contributed by atoms with Crippen LogP contribution in [-0.4, -0.2) is 13.0 Å². The number of para-hydroxylation sites is 1. The van der Waals surface area contributed by atoms with Gasteiger partial charge in [0.25, 0.3) is 5.91 Å². The molecule has 0 aliphatic carbocycles. The molecule has 2 rings (SSSR count). The van der Waals surface area contributed by atoms with Crippen LogP contribution >= 0.6 is 0 Å². The molecule has 0 atom stereocenters. The molecule has 0 bridgehead atoms. The average Bonchev–Trinajstić information content (AvgIpc) is 2.48. The largest absolute Gasteiger partial charge is 0.497 e. The van der Waals surface area contributed by atoms with Crippen molar-refractivity contribution in [3.63, 3.8) is 0 Å². The molecule has 0 saturated heterocycles. The molecule has 0 radical (unpaired) electrons. The molecule has 19 heavy (non-hydrogen) atoms. The highest BCUT2D eigenvalue weighted by molar-refractivity contribution is 5.96. The van der Waals surface area contributed by atoms with E-state index >= 15 is 0 Å². The van der Waals surface area contributed by atoms with Crippen molar-refractivity contribution in [2.45, 2.75) is 0 Å². The molecule has 5 nitrogen and oxygen atoms in total. The van der Waals surface area contributed by atoms with Gasteiger partial charge in [0.2, 0.25) is 0 Å².